The molecular formula is C19H35ClN2O. The minimum atomic E-state index is 0. The first-order valence-electron chi connectivity index (χ1n) is 9.78. The van der Waals surface area contributed by atoms with Crippen molar-refractivity contribution in [1.82, 2.24) is 10.2 Å². The Labute approximate surface area is 148 Å². The van der Waals surface area contributed by atoms with Crippen molar-refractivity contribution in [2.45, 2.75) is 77.2 Å². The van der Waals surface area contributed by atoms with Gasteiger partial charge in [-0.25, -0.2) is 0 Å². The lowest BCUT2D eigenvalue weighted by atomic mass is 9.89. The summed E-state index contributed by atoms with van der Waals surface area (Å²) in [5.41, 5.74) is 0. The van der Waals surface area contributed by atoms with E-state index >= 15 is 0 Å². The molecule has 4 heteroatoms. The maximum absolute atomic E-state index is 12.8. The van der Waals surface area contributed by atoms with Crippen LogP contribution in [0.1, 0.15) is 71.1 Å². The van der Waals surface area contributed by atoms with Crippen LogP contribution in [0.2, 0.25) is 0 Å². The van der Waals surface area contributed by atoms with E-state index < -0.39 is 0 Å². The third kappa shape index (κ3) is 5.63. The van der Waals surface area contributed by atoms with E-state index in [1.807, 2.05) is 0 Å². The van der Waals surface area contributed by atoms with Gasteiger partial charge in [0.15, 0.2) is 0 Å². The Morgan fingerprint density at radius 1 is 1.04 bits per heavy atom. The molecular weight excluding hydrogens is 308 g/mol. The first-order valence-corrected chi connectivity index (χ1v) is 9.78. The maximum Gasteiger partial charge on any atom is 0.225 e. The molecule has 2 saturated carbocycles. The standard InChI is InChI=1S/C19H34N2O.ClH/c1-2-17(13-15-5-3-4-6-15)19(22)21-11-9-18(10-12-21)20-14-16-7-8-16;/h15-18,20H,2-14H2,1H3;1H. The Balaban J connectivity index is 0.00000192. The number of nitrogens with zero attached hydrogens (tertiary/aromatic N) is 1. The number of nitrogens with one attached hydrogen (secondary N) is 1. The van der Waals surface area contributed by atoms with Crippen LogP contribution in [-0.2, 0) is 4.79 Å². The second-order valence-electron chi connectivity index (χ2n) is 7.94. The Bertz CT molecular complexity index is 358. The normalized spacial score (nSPS) is 24.5. The predicted molar refractivity (Wildman–Crippen MR) is 97.9 cm³/mol. The maximum atomic E-state index is 12.8. The molecule has 1 N–H and O–H groups in total. The van der Waals surface area contributed by atoms with Gasteiger partial charge in [0.25, 0.3) is 0 Å². The summed E-state index contributed by atoms with van der Waals surface area (Å²) in [6.45, 7) is 5.35. The molecule has 1 aliphatic heterocycles. The van der Waals surface area contributed by atoms with Crippen molar-refractivity contribution < 1.29 is 4.79 Å². The highest BCUT2D eigenvalue weighted by Crippen LogP contribution is 2.32. The van der Waals surface area contributed by atoms with Crippen molar-refractivity contribution in [3.05, 3.63) is 0 Å². The van der Waals surface area contributed by atoms with Crippen LogP contribution in [0.4, 0.5) is 0 Å². The largest absolute Gasteiger partial charge is 0.342 e. The summed E-state index contributed by atoms with van der Waals surface area (Å²) >= 11 is 0. The van der Waals surface area contributed by atoms with Crippen molar-refractivity contribution in [3.8, 4) is 0 Å². The minimum absolute atomic E-state index is 0. The highest BCUT2D eigenvalue weighted by molar-refractivity contribution is 5.85. The zero-order chi connectivity index (χ0) is 15.4. The molecule has 1 heterocycles. The Kier molecular flexibility index (Phi) is 7.68. The number of carbonyl (C=O) groups excluding carboxylic acids is 1. The van der Waals surface area contributed by atoms with E-state index in [1.54, 1.807) is 0 Å². The molecule has 0 spiro atoms. The van der Waals surface area contributed by atoms with Gasteiger partial charge >= 0.3 is 0 Å². The fraction of sp³-hybridized carbons (Fsp3) is 0.947. The molecule has 3 nitrogen and oxygen atoms in total. The number of rotatable bonds is 7. The molecule has 3 rings (SSSR count). The monoisotopic (exact) mass is 342 g/mol. The van der Waals surface area contributed by atoms with E-state index in [1.165, 1.54) is 45.1 Å². The molecule has 3 fully saturated rings. The van der Waals surface area contributed by atoms with Crippen LogP contribution in [0, 0.1) is 17.8 Å². The predicted octanol–water partition coefficient (Wildman–Crippen LogP) is 4.01. The molecule has 23 heavy (non-hydrogen) atoms. The van der Waals surface area contributed by atoms with E-state index in [-0.39, 0.29) is 12.4 Å². The molecule has 1 unspecified atom stereocenters. The summed E-state index contributed by atoms with van der Waals surface area (Å²) in [5, 5.41) is 3.71. The number of halogens is 1. The number of likely N-dealkylation sites (tertiary alicyclic amines) is 1. The zero-order valence-corrected chi connectivity index (χ0v) is 15.6. The number of amides is 1. The Morgan fingerprint density at radius 2 is 1.70 bits per heavy atom. The van der Waals surface area contributed by atoms with Crippen LogP contribution in [0.15, 0.2) is 0 Å². The second-order valence-corrected chi connectivity index (χ2v) is 7.94. The van der Waals surface area contributed by atoms with Gasteiger partial charge in [-0.2, -0.15) is 0 Å². The highest BCUT2D eigenvalue weighted by atomic mass is 35.5. The molecule has 2 aliphatic carbocycles. The molecule has 0 aromatic carbocycles. The van der Waals surface area contributed by atoms with Gasteiger partial charge in [-0.1, -0.05) is 32.6 Å². The molecule has 1 saturated heterocycles. The van der Waals surface area contributed by atoms with Gasteiger partial charge in [0.05, 0.1) is 0 Å². The SMILES string of the molecule is CCC(CC1CCCC1)C(=O)N1CCC(NCC2CC2)CC1.Cl. The second kappa shape index (κ2) is 9.27. The van der Waals surface area contributed by atoms with Gasteiger partial charge in [0.2, 0.25) is 5.91 Å². The van der Waals surface area contributed by atoms with Gasteiger partial charge in [-0.15, -0.1) is 12.4 Å². The summed E-state index contributed by atoms with van der Waals surface area (Å²) in [6.07, 6.45) is 12.8. The topological polar surface area (TPSA) is 32.3 Å². The molecule has 3 aliphatic rings. The number of piperidine rings is 1. The summed E-state index contributed by atoms with van der Waals surface area (Å²) in [5.74, 6) is 2.52. The zero-order valence-electron chi connectivity index (χ0n) is 14.8. The van der Waals surface area contributed by atoms with Crippen molar-refractivity contribution in [1.29, 1.82) is 0 Å². The van der Waals surface area contributed by atoms with Gasteiger partial charge in [-0.05, 0) is 56.9 Å². The average Bonchev–Trinajstić information content (AvgIpc) is 3.25. The third-order valence-corrected chi connectivity index (χ3v) is 6.13. The third-order valence-electron chi connectivity index (χ3n) is 6.13. The minimum Gasteiger partial charge on any atom is -0.342 e. The van der Waals surface area contributed by atoms with E-state index in [0.717, 1.165) is 50.6 Å². The van der Waals surface area contributed by atoms with Gasteiger partial charge in [0, 0.05) is 25.0 Å². The molecule has 0 bridgehead atoms. The Hall–Kier alpha value is -0.280. The van der Waals surface area contributed by atoms with Crippen molar-refractivity contribution in [2.75, 3.05) is 19.6 Å². The molecule has 1 atom stereocenters. The van der Waals surface area contributed by atoms with Crippen LogP contribution in [0.5, 0.6) is 0 Å². The fourth-order valence-electron chi connectivity index (χ4n) is 4.31. The van der Waals surface area contributed by atoms with Crippen molar-refractivity contribution >= 4 is 18.3 Å². The van der Waals surface area contributed by atoms with E-state index in [9.17, 15) is 4.79 Å². The number of hydrogen-bond acceptors (Lipinski definition) is 2. The van der Waals surface area contributed by atoms with Gasteiger partial charge in [-0.3, -0.25) is 4.79 Å². The lowest BCUT2D eigenvalue weighted by Gasteiger charge is -2.35. The lowest BCUT2D eigenvalue weighted by Crippen LogP contribution is -2.47. The number of hydrogen-bond donors (Lipinski definition) is 1. The van der Waals surface area contributed by atoms with E-state index in [2.05, 4.69) is 17.1 Å². The van der Waals surface area contributed by atoms with Gasteiger partial charge < -0.3 is 10.2 Å². The van der Waals surface area contributed by atoms with Crippen molar-refractivity contribution in [2.24, 2.45) is 17.8 Å². The highest BCUT2D eigenvalue weighted by Gasteiger charge is 2.30. The fourth-order valence-corrected chi connectivity index (χ4v) is 4.31. The van der Waals surface area contributed by atoms with Crippen LogP contribution in [0.3, 0.4) is 0 Å². The summed E-state index contributed by atoms with van der Waals surface area (Å²) in [7, 11) is 0. The molecule has 134 valence electrons. The first-order chi connectivity index (χ1) is 10.8. The van der Waals surface area contributed by atoms with E-state index in [0.29, 0.717) is 17.9 Å². The van der Waals surface area contributed by atoms with E-state index in [4.69, 9.17) is 0 Å². The summed E-state index contributed by atoms with van der Waals surface area (Å²) in [4.78, 5) is 15.0. The average molecular weight is 343 g/mol. The first kappa shape index (κ1) is 19.1. The molecule has 0 aromatic heterocycles. The molecule has 0 radical (unpaired) electrons. The van der Waals surface area contributed by atoms with Crippen molar-refractivity contribution in [3.63, 3.8) is 0 Å². The van der Waals surface area contributed by atoms with Crippen LogP contribution in [0.25, 0.3) is 0 Å². The molecule has 1 amide bonds. The summed E-state index contributed by atoms with van der Waals surface area (Å²) < 4.78 is 0. The molecule has 0 aromatic rings. The van der Waals surface area contributed by atoms with Gasteiger partial charge in [0.1, 0.15) is 0 Å². The quantitative estimate of drug-likeness (QED) is 0.758. The summed E-state index contributed by atoms with van der Waals surface area (Å²) in [6, 6.07) is 0.652. The van der Waals surface area contributed by atoms with Crippen LogP contribution in [-0.4, -0.2) is 36.5 Å². The Morgan fingerprint density at radius 3 is 2.26 bits per heavy atom. The smallest absolute Gasteiger partial charge is 0.225 e. The van der Waals surface area contributed by atoms with Crippen LogP contribution < -0.4 is 5.32 Å². The van der Waals surface area contributed by atoms with Crippen LogP contribution >= 0.6 is 12.4 Å². The lowest BCUT2D eigenvalue weighted by molar-refractivity contribution is -0.137. The number of carbonyl (C=O) groups is 1.